The normalized spacial score (nSPS) is 13.3. The topological polar surface area (TPSA) is 59.0 Å². The van der Waals surface area contributed by atoms with Crippen LogP contribution >= 0.6 is 11.3 Å². The van der Waals surface area contributed by atoms with Gasteiger partial charge in [-0.15, -0.1) is 11.3 Å². The fourth-order valence-electron chi connectivity index (χ4n) is 3.09. The minimum atomic E-state index is -0.160. The van der Waals surface area contributed by atoms with Gasteiger partial charge in [-0.1, -0.05) is 30.3 Å². The van der Waals surface area contributed by atoms with E-state index in [1.165, 1.54) is 17.7 Å². The molecule has 132 valence electrons. The lowest BCUT2D eigenvalue weighted by atomic mass is 10.0. The largest absolute Gasteiger partial charge is 0.280 e. The van der Waals surface area contributed by atoms with Crippen LogP contribution in [0.3, 0.4) is 0 Å². The van der Waals surface area contributed by atoms with E-state index < -0.39 is 0 Å². The van der Waals surface area contributed by atoms with E-state index in [9.17, 15) is 4.79 Å². The van der Waals surface area contributed by atoms with Gasteiger partial charge < -0.3 is 0 Å². The molecule has 0 unspecified atom stereocenters. The molecule has 1 aromatic carbocycles. The second-order valence-corrected chi connectivity index (χ2v) is 7.56. The Kier molecular flexibility index (Phi) is 4.75. The van der Waals surface area contributed by atoms with Gasteiger partial charge >= 0.3 is 0 Å². The van der Waals surface area contributed by atoms with Gasteiger partial charge in [-0.25, -0.2) is 9.97 Å². The average molecular weight is 364 g/mol. The van der Waals surface area contributed by atoms with Crippen molar-refractivity contribution in [2.24, 2.45) is 0 Å². The van der Waals surface area contributed by atoms with Gasteiger partial charge in [-0.2, -0.15) is 0 Å². The predicted molar refractivity (Wildman–Crippen MR) is 102 cm³/mol. The third kappa shape index (κ3) is 3.51. The first-order chi connectivity index (χ1) is 12.7. The van der Waals surface area contributed by atoms with E-state index >= 15 is 0 Å². The molecular formula is C20H20N4OS. The minimum absolute atomic E-state index is 0.160. The molecule has 0 spiro atoms. The molecule has 0 bridgehead atoms. The fourth-order valence-corrected chi connectivity index (χ4v) is 4.23. The van der Waals surface area contributed by atoms with Crippen LogP contribution in [0.4, 0.5) is 5.13 Å². The highest BCUT2D eigenvalue weighted by atomic mass is 32.1. The lowest BCUT2D eigenvalue weighted by Gasteiger charge is -2.19. The summed E-state index contributed by atoms with van der Waals surface area (Å²) in [5.74, 6) is -0.160. The summed E-state index contributed by atoms with van der Waals surface area (Å²) < 4.78 is 0. The first-order valence-corrected chi connectivity index (χ1v) is 9.65. The first kappa shape index (κ1) is 16.8. The number of benzene rings is 1. The zero-order chi connectivity index (χ0) is 17.9. The number of hydrogen-bond donors (Lipinski definition) is 0. The van der Waals surface area contributed by atoms with Crippen molar-refractivity contribution in [2.75, 3.05) is 4.90 Å². The van der Waals surface area contributed by atoms with E-state index in [1.807, 2.05) is 37.3 Å². The molecule has 4 rings (SSSR count). The summed E-state index contributed by atoms with van der Waals surface area (Å²) in [4.78, 5) is 29.5. The molecule has 2 heterocycles. The third-order valence-corrected chi connectivity index (χ3v) is 5.67. The standard InChI is InChI=1S/C20H20N4OS/c1-14-11-22-17(12-21-14)19(25)24(13-15-7-3-2-4-8-15)20-23-16-9-5-6-10-18(16)26-20/h2-4,7-8,11-12H,5-6,9-10,13H2,1H3. The quantitative estimate of drug-likeness (QED) is 0.703. The van der Waals surface area contributed by atoms with Crippen LogP contribution in [0.25, 0.3) is 0 Å². The molecule has 0 saturated heterocycles. The van der Waals surface area contributed by atoms with Crippen LogP contribution in [-0.2, 0) is 19.4 Å². The first-order valence-electron chi connectivity index (χ1n) is 8.84. The maximum absolute atomic E-state index is 13.2. The number of carbonyl (C=O) groups is 1. The van der Waals surface area contributed by atoms with Crippen molar-refractivity contribution < 1.29 is 4.79 Å². The van der Waals surface area contributed by atoms with Gasteiger partial charge in [-0.3, -0.25) is 14.7 Å². The van der Waals surface area contributed by atoms with Crippen LogP contribution < -0.4 is 4.90 Å². The Balaban J connectivity index is 1.70. The zero-order valence-corrected chi connectivity index (χ0v) is 15.5. The van der Waals surface area contributed by atoms with Gasteiger partial charge in [0.05, 0.1) is 24.1 Å². The number of amides is 1. The molecule has 1 aliphatic rings. The van der Waals surface area contributed by atoms with Gasteiger partial charge in [0.25, 0.3) is 5.91 Å². The number of thiazole rings is 1. The Morgan fingerprint density at radius 1 is 1.12 bits per heavy atom. The molecule has 1 aliphatic carbocycles. The van der Waals surface area contributed by atoms with Crippen molar-refractivity contribution in [1.29, 1.82) is 0 Å². The Morgan fingerprint density at radius 3 is 2.65 bits per heavy atom. The summed E-state index contributed by atoms with van der Waals surface area (Å²) in [6.07, 6.45) is 7.61. The van der Waals surface area contributed by atoms with Crippen LogP contribution in [0.15, 0.2) is 42.7 Å². The minimum Gasteiger partial charge on any atom is -0.278 e. The molecule has 6 heteroatoms. The smallest absolute Gasteiger partial charge is 0.278 e. The molecule has 0 fully saturated rings. The highest BCUT2D eigenvalue weighted by molar-refractivity contribution is 7.16. The molecular weight excluding hydrogens is 344 g/mol. The number of carbonyl (C=O) groups excluding carboxylic acids is 1. The average Bonchev–Trinajstić information content (AvgIpc) is 3.11. The SMILES string of the molecule is Cc1cnc(C(=O)N(Cc2ccccc2)c2nc3c(s2)CCCC3)cn1. The van der Waals surface area contributed by atoms with Gasteiger partial charge in [0.15, 0.2) is 5.13 Å². The second kappa shape index (κ2) is 7.33. The molecule has 0 aliphatic heterocycles. The molecule has 0 N–H and O–H groups in total. The van der Waals surface area contributed by atoms with Crippen LogP contribution in [0.1, 0.15) is 45.2 Å². The molecule has 0 saturated carbocycles. The molecule has 3 aromatic rings. The molecule has 5 nitrogen and oxygen atoms in total. The lowest BCUT2D eigenvalue weighted by molar-refractivity contribution is 0.0980. The van der Waals surface area contributed by atoms with Crippen molar-refractivity contribution in [3.05, 3.63) is 70.2 Å². The third-order valence-electron chi connectivity index (χ3n) is 4.49. The maximum Gasteiger partial charge on any atom is 0.280 e. The molecule has 2 aromatic heterocycles. The lowest BCUT2D eigenvalue weighted by Crippen LogP contribution is -2.31. The summed E-state index contributed by atoms with van der Waals surface area (Å²) in [7, 11) is 0. The van der Waals surface area contributed by atoms with Crippen molar-refractivity contribution >= 4 is 22.4 Å². The second-order valence-electron chi connectivity index (χ2n) is 6.49. The van der Waals surface area contributed by atoms with Crippen molar-refractivity contribution in [3.63, 3.8) is 0 Å². The van der Waals surface area contributed by atoms with E-state index in [0.717, 1.165) is 34.9 Å². The van der Waals surface area contributed by atoms with E-state index in [0.29, 0.717) is 12.2 Å². The number of rotatable bonds is 4. The van der Waals surface area contributed by atoms with Crippen LogP contribution in [0, 0.1) is 6.92 Å². The summed E-state index contributed by atoms with van der Waals surface area (Å²) in [6.45, 7) is 2.33. The van der Waals surface area contributed by atoms with Crippen molar-refractivity contribution in [3.8, 4) is 0 Å². The highest BCUT2D eigenvalue weighted by Crippen LogP contribution is 2.33. The summed E-state index contributed by atoms with van der Waals surface area (Å²) >= 11 is 1.63. The Hall–Kier alpha value is -2.60. The zero-order valence-electron chi connectivity index (χ0n) is 14.7. The molecule has 0 radical (unpaired) electrons. The van der Waals surface area contributed by atoms with Gasteiger partial charge in [0.2, 0.25) is 0 Å². The van der Waals surface area contributed by atoms with Gasteiger partial charge in [-0.05, 0) is 38.2 Å². The molecule has 0 atom stereocenters. The molecule has 26 heavy (non-hydrogen) atoms. The van der Waals surface area contributed by atoms with Crippen LogP contribution in [-0.4, -0.2) is 20.9 Å². The Labute approximate surface area is 156 Å². The van der Waals surface area contributed by atoms with Crippen LogP contribution in [0.5, 0.6) is 0 Å². The monoisotopic (exact) mass is 364 g/mol. The van der Waals surface area contributed by atoms with E-state index in [2.05, 4.69) is 9.97 Å². The number of aromatic nitrogens is 3. The summed E-state index contributed by atoms with van der Waals surface area (Å²) in [5.41, 5.74) is 3.35. The highest BCUT2D eigenvalue weighted by Gasteiger charge is 2.25. The number of anilines is 1. The fraction of sp³-hybridized carbons (Fsp3) is 0.300. The van der Waals surface area contributed by atoms with E-state index in [4.69, 9.17) is 4.98 Å². The summed E-state index contributed by atoms with van der Waals surface area (Å²) in [6, 6.07) is 9.99. The summed E-state index contributed by atoms with van der Waals surface area (Å²) in [5, 5.41) is 0.758. The molecule has 1 amide bonds. The van der Waals surface area contributed by atoms with E-state index in [-0.39, 0.29) is 5.91 Å². The maximum atomic E-state index is 13.2. The Morgan fingerprint density at radius 2 is 1.92 bits per heavy atom. The number of nitrogens with zero attached hydrogens (tertiary/aromatic N) is 4. The van der Waals surface area contributed by atoms with Crippen LogP contribution in [0.2, 0.25) is 0 Å². The predicted octanol–water partition coefficient (Wildman–Crippen LogP) is 3.97. The Bertz CT molecular complexity index is 882. The van der Waals surface area contributed by atoms with Gasteiger partial charge in [0, 0.05) is 11.1 Å². The van der Waals surface area contributed by atoms with Gasteiger partial charge in [0.1, 0.15) is 5.69 Å². The van der Waals surface area contributed by atoms with Crippen molar-refractivity contribution in [1.82, 2.24) is 15.0 Å². The number of hydrogen-bond acceptors (Lipinski definition) is 5. The number of aryl methyl sites for hydroxylation is 3. The van der Waals surface area contributed by atoms with Crippen molar-refractivity contribution in [2.45, 2.75) is 39.2 Å². The number of fused-ring (bicyclic) bond motifs is 1. The van der Waals surface area contributed by atoms with E-state index in [1.54, 1.807) is 28.6 Å².